The third-order valence-electron chi connectivity index (χ3n) is 3.89. The van der Waals surface area contributed by atoms with Gasteiger partial charge in [0.2, 0.25) is 11.8 Å². The lowest BCUT2D eigenvalue weighted by atomic mass is 9.66. The Bertz CT molecular complexity index is 342. The van der Waals surface area contributed by atoms with E-state index in [2.05, 4.69) is 26.1 Å². The highest BCUT2D eigenvalue weighted by molar-refractivity contribution is 8.00. The predicted molar refractivity (Wildman–Crippen MR) is 69.7 cm³/mol. The third-order valence-corrected chi connectivity index (χ3v) is 5.36. The molecule has 0 saturated carbocycles. The van der Waals surface area contributed by atoms with Crippen molar-refractivity contribution in [2.75, 3.05) is 5.75 Å². The fourth-order valence-corrected chi connectivity index (χ4v) is 4.67. The first-order valence-corrected chi connectivity index (χ1v) is 7.43. The summed E-state index contributed by atoms with van der Waals surface area (Å²) < 4.78 is 0. The number of carbonyl (C=O) groups excluding carboxylic acids is 2. The van der Waals surface area contributed by atoms with Crippen molar-refractivity contribution in [1.82, 2.24) is 5.32 Å². The second kappa shape index (κ2) is 4.63. The van der Waals surface area contributed by atoms with E-state index in [9.17, 15) is 9.59 Å². The van der Waals surface area contributed by atoms with Gasteiger partial charge in [-0.25, -0.2) is 0 Å². The van der Waals surface area contributed by atoms with Crippen LogP contribution in [-0.4, -0.2) is 22.8 Å². The number of nitrogens with one attached hydrogen (secondary N) is 1. The molecule has 2 aliphatic rings. The van der Waals surface area contributed by atoms with Crippen molar-refractivity contribution in [2.24, 2.45) is 17.3 Å². The van der Waals surface area contributed by atoms with E-state index in [1.807, 2.05) is 11.8 Å². The number of piperidine rings is 1. The molecule has 0 aromatic carbocycles. The molecule has 0 aromatic rings. The third kappa shape index (κ3) is 2.51. The van der Waals surface area contributed by atoms with E-state index >= 15 is 0 Å². The summed E-state index contributed by atoms with van der Waals surface area (Å²) in [5, 5.41) is 3.09. The van der Waals surface area contributed by atoms with E-state index in [0.717, 1.165) is 18.6 Å². The molecule has 3 nitrogen and oxygen atoms in total. The largest absolute Gasteiger partial charge is 0.296 e. The Balaban J connectivity index is 2.24. The van der Waals surface area contributed by atoms with Gasteiger partial charge < -0.3 is 0 Å². The number of rotatable bonds is 2. The summed E-state index contributed by atoms with van der Waals surface area (Å²) in [6.07, 6.45) is 2.44. The maximum Gasteiger partial charge on any atom is 0.230 e. The summed E-state index contributed by atoms with van der Waals surface area (Å²) in [6.45, 7) is 6.48. The number of hydrogen-bond donors (Lipinski definition) is 1. The highest BCUT2D eigenvalue weighted by Gasteiger charge is 2.51. The molecule has 2 amide bonds. The summed E-state index contributed by atoms with van der Waals surface area (Å²) in [5.41, 5.74) is -0.0617. The van der Waals surface area contributed by atoms with Crippen molar-refractivity contribution in [2.45, 2.75) is 45.3 Å². The number of hydrogen-bond acceptors (Lipinski definition) is 3. The van der Waals surface area contributed by atoms with Crippen LogP contribution in [0.15, 0.2) is 0 Å². The van der Waals surface area contributed by atoms with Crippen LogP contribution in [0.5, 0.6) is 0 Å². The van der Waals surface area contributed by atoms with Crippen LogP contribution in [0.2, 0.25) is 0 Å². The number of amides is 2. The minimum Gasteiger partial charge on any atom is -0.296 e. The van der Waals surface area contributed by atoms with Gasteiger partial charge in [-0.05, 0) is 18.8 Å². The predicted octanol–water partition coefficient (Wildman–Crippen LogP) is 2.21. The molecule has 0 aromatic heterocycles. The van der Waals surface area contributed by atoms with E-state index in [1.54, 1.807) is 0 Å². The summed E-state index contributed by atoms with van der Waals surface area (Å²) >= 11 is 1.91. The molecule has 1 spiro atoms. The average molecular weight is 255 g/mol. The molecule has 2 aliphatic heterocycles. The molecule has 2 rings (SSSR count). The molecule has 17 heavy (non-hydrogen) atoms. The lowest BCUT2D eigenvalue weighted by Crippen LogP contribution is -2.52. The van der Waals surface area contributed by atoms with E-state index in [4.69, 9.17) is 0 Å². The Kier molecular flexibility index (Phi) is 3.53. The van der Waals surface area contributed by atoms with Crippen molar-refractivity contribution in [3.8, 4) is 0 Å². The maximum absolute atomic E-state index is 12.1. The molecule has 0 radical (unpaired) electrons. The van der Waals surface area contributed by atoms with Crippen LogP contribution < -0.4 is 5.32 Å². The quantitative estimate of drug-likeness (QED) is 0.770. The first-order valence-electron chi connectivity index (χ1n) is 6.38. The number of carbonyl (C=O) groups is 2. The Labute approximate surface area is 107 Å². The summed E-state index contributed by atoms with van der Waals surface area (Å²) in [4.78, 5) is 23.7. The zero-order valence-corrected chi connectivity index (χ0v) is 11.6. The number of thioether (sulfide) groups is 1. The first kappa shape index (κ1) is 12.9. The molecule has 96 valence electrons. The van der Waals surface area contributed by atoms with Crippen LogP contribution in [0.4, 0.5) is 0 Å². The maximum atomic E-state index is 12.1. The highest BCUT2D eigenvalue weighted by atomic mass is 32.2. The zero-order chi connectivity index (χ0) is 12.6. The van der Waals surface area contributed by atoms with Crippen LogP contribution in [-0.2, 0) is 9.59 Å². The van der Waals surface area contributed by atoms with Crippen LogP contribution in [0, 0.1) is 17.3 Å². The monoisotopic (exact) mass is 255 g/mol. The molecule has 2 fully saturated rings. The summed E-state index contributed by atoms with van der Waals surface area (Å²) in [5.74, 6) is 1.37. The smallest absolute Gasteiger partial charge is 0.230 e. The van der Waals surface area contributed by atoms with Crippen LogP contribution in [0.25, 0.3) is 0 Å². The van der Waals surface area contributed by atoms with Gasteiger partial charge in [-0.2, -0.15) is 11.8 Å². The highest BCUT2D eigenvalue weighted by Crippen LogP contribution is 2.51. The Hall–Kier alpha value is -0.510. The molecule has 2 saturated heterocycles. The van der Waals surface area contributed by atoms with Gasteiger partial charge in [0, 0.05) is 28.8 Å². The van der Waals surface area contributed by atoms with Crippen molar-refractivity contribution >= 4 is 23.6 Å². The van der Waals surface area contributed by atoms with Gasteiger partial charge >= 0.3 is 0 Å². The van der Waals surface area contributed by atoms with E-state index in [-0.39, 0.29) is 23.1 Å². The molecule has 2 heterocycles. The minimum atomic E-state index is -0.0790. The van der Waals surface area contributed by atoms with E-state index in [1.165, 1.54) is 0 Å². The van der Waals surface area contributed by atoms with Gasteiger partial charge in [0.25, 0.3) is 0 Å². The Morgan fingerprint density at radius 3 is 2.71 bits per heavy atom. The van der Waals surface area contributed by atoms with E-state index in [0.29, 0.717) is 17.6 Å². The van der Waals surface area contributed by atoms with Crippen LogP contribution in [0.3, 0.4) is 0 Å². The first-order chi connectivity index (χ1) is 7.93. The average Bonchev–Trinajstić information content (AvgIpc) is 2.54. The molecular formula is C13H21NO2S. The Morgan fingerprint density at radius 2 is 2.18 bits per heavy atom. The lowest BCUT2D eigenvalue weighted by molar-refractivity contribution is -0.143. The van der Waals surface area contributed by atoms with Crippen LogP contribution in [0.1, 0.15) is 40.0 Å². The minimum absolute atomic E-state index is 0.0256. The molecule has 4 heteroatoms. The van der Waals surface area contributed by atoms with Gasteiger partial charge in [0.1, 0.15) is 0 Å². The molecule has 1 N–H and O–H groups in total. The molecule has 3 atom stereocenters. The fourth-order valence-electron chi connectivity index (χ4n) is 3.18. The van der Waals surface area contributed by atoms with Crippen molar-refractivity contribution in [1.29, 1.82) is 0 Å². The van der Waals surface area contributed by atoms with Crippen molar-refractivity contribution in [3.63, 3.8) is 0 Å². The van der Waals surface area contributed by atoms with Gasteiger partial charge in [-0.15, -0.1) is 0 Å². The van der Waals surface area contributed by atoms with Gasteiger partial charge in [0.15, 0.2) is 0 Å². The van der Waals surface area contributed by atoms with Gasteiger partial charge in [0.05, 0.1) is 0 Å². The Morgan fingerprint density at radius 1 is 1.47 bits per heavy atom. The standard InChI is InChI=1S/C13H21NO2S/c1-8(2)4-10-12(16)14-11(15)6-13(10)5-9(3)17-7-13/h8-10H,4-7H2,1-3H3,(H,14,15,16). The molecule has 0 bridgehead atoms. The summed E-state index contributed by atoms with van der Waals surface area (Å²) in [7, 11) is 0. The van der Waals surface area contributed by atoms with Gasteiger partial charge in [-0.1, -0.05) is 20.8 Å². The lowest BCUT2D eigenvalue weighted by Gasteiger charge is -2.40. The second-order valence-corrected chi connectivity index (χ2v) is 7.39. The topological polar surface area (TPSA) is 46.2 Å². The SMILES string of the molecule is CC(C)CC1C(=O)NC(=O)CC12CSC(C)C2. The van der Waals surface area contributed by atoms with Crippen molar-refractivity contribution < 1.29 is 9.59 Å². The number of imide groups is 1. The van der Waals surface area contributed by atoms with Crippen molar-refractivity contribution in [3.05, 3.63) is 0 Å². The van der Waals surface area contributed by atoms with Gasteiger partial charge in [-0.3, -0.25) is 14.9 Å². The fraction of sp³-hybridized carbons (Fsp3) is 0.846. The molecule has 3 unspecified atom stereocenters. The van der Waals surface area contributed by atoms with E-state index < -0.39 is 0 Å². The summed E-state index contributed by atoms with van der Waals surface area (Å²) in [6, 6.07) is 0. The molecule has 0 aliphatic carbocycles. The normalized spacial score (nSPS) is 37.9. The molecular weight excluding hydrogens is 234 g/mol. The second-order valence-electron chi connectivity index (χ2n) is 5.96. The zero-order valence-electron chi connectivity index (χ0n) is 10.8. The van der Waals surface area contributed by atoms with Crippen LogP contribution >= 0.6 is 11.8 Å².